The van der Waals surface area contributed by atoms with E-state index in [-0.39, 0.29) is 0 Å². The highest BCUT2D eigenvalue weighted by atomic mass is 14.9. The van der Waals surface area contributed by atoms with Gasteiger partial charge in [-0.3, -0.25) is 0 Å². The Morgan fingerprint density at radius 1 is 0.636 bits per heavy atom. The van der Waals surface area contributed by atoms with Gasteiger partial charge in [-0.1, -0.05) is 103 Å². The summed E-state index contributed by atoms with van der Waals surface area (Å²) in [5, 5.41) is 3.66. The maximum atomic E-state index is 3.66. The molecule has 1 nitrogen and oxygen atoms in total. The minimum atomic E-state index is 0.314. The maximum absolute atomic E-state index is 3.66. The summed E-state index contributed by atoms with van der Waals surface area (Å²) < 4.78 is 0. The van der Waals surface area contributed by atoms with E-state index in [1.54, 1.807) is 0 Å². The van der Waals surface area contributed by atoms with Crippen molar-refractivity contribution in [3.05, 3.63) is 132 Å². The average molecular weight is 428 g/mol. The van der Waals surface area contributed by atoms with Gasteiger partial charge in [-0.05, 0) is 76.9 Å². The van der Waals surface area contributed by atoms with Crippen LogP contribution in [0.3, 0.4) is 0 Å². The molecule has 0 saturated heterocycles. The van der Waals surface area contributed by atoms with Crippen molar-refractivity contribution in [3.8, 4) is 22.3 Å². The number of nitrogens with one attached hydrogen (secondary N) is 1. The number of anilines is 1. The zero-order chi connectivity index (χ0) is 22.6. The molecular weight excluding hydrogens is 398 g/mol. The summed E-state index contributed by atoms with van der Waals surface area (Å²) in [7, 11) is 0. The van der Waals surface area contributed by atoms with E-state index in [1.165, 1.54) is 44.5 Å². The van der Waals surface area contributed by atoms with Crippen LogP contribution >= 0.6 is 0 Å². The fourth-order valence-electron chi connectivity index (χ4n) is 4.65. The van der Waals surface area contributed by atoms with Gasteiger partial charge in [-0.15, -0.1) is 0 Å². The Balaban J connectivity index is 1.31. The van der Waals surface area contributed by atoms with Crippen LogP contribution in [-0.4, -0.2) is 6.04 Å². The van der Waals surface area contributed by atoms with E-state index in [2.05, 4.69) is 134 Å². The molecule has 0 aromatic heterocycles. The topological polar surface area (TPSA) is 12.0 Å². The van der Waals surface area contributed by atoms with Gasteiger partial charge in [0.2, 0.25) is 0 Å². The largest absolute Gasteiger partial charge is 0.379 e. The molecule has 1 N–H and O–H groups in total. The summed E-state index contributed by atoms with van der Waals surface area (Å²) >= 11 is 0. The van der Waals surface area contributed by atoms with Crippen LogP contribution in [0.1, 0.15) is 23.1 Å². The number of rotatable bonds is 5. The van der Waals surface area contributed by atoms with Crippen molar-refractivity contribution in [1.29, 1.82) is 0 Å². The molecule has 0 amide bonds. The molecule has 4 aromatic rings. The maximum Gasteiger partial charge on any atom is 0.0482 e. The summed E-state index contributed by atoms with van der Waals surface area (Å²) in [6, 6.07) is 35.0. The summed E-state index contributed by atoms with van der Waals surface area (Å²) in [6.07, 6.45) is 7.80. The Kier molecular flexibility index (Phi) is 5.95. The fraction of sp³-hybridized carbons (Fsp3) is 0.125. The number of aryl methyl sites for hydroxylation is 1. The van der Waals surface area contributed by atoms with Crippen LogP contribution < -0.4 is 5.32 Å². The molecule has 0 spiro atoms. The molecule has 5 rings (SSSR count). The molecule has 1 unspecified atom stereocenters. The van der Waals surface area contributed by atoms with E-state index in [1.807, 2.05) is 0 Å². The van der Waals surface area contributed by atoms with E-state index in [9.17, 15) is 0 Å². The molecule has 0 heterocycles. The van der Waals surface area contributed by atoms with Gasteiger partial charge in [0.15, 0.2) is 0 Å². The van der Waals surface area contributed by atoms with E-state index in [0.717, 1.165) is 12.1 Å². The van der Waals surface area contributed by atoms with Crippen LogP contribution in [0.2, 0.25) is 0 Å². The Morgan fingerprint density at radius 3 is 2.06 bits per heavy atom. The molecule has 0 saturated carbocycles. The monoisotopic (exact) mass is 427 g/mol. The van der Waals surface area contributed by atoms with Crippen molar-refractivity contribution in [2.24, 2.45) is 0 Å². The first-order valence-corrected chi connectivity index (χ1v) is 11.7. The number of hydrogen-bond donors (Lipinski definition) is 1. The molecular formula is C32H29N. The number of benzene rings is 4. The number of hydrogen-bond acceptors (Lipinski definition) is 1. The predicted octanol–water partition coefficient (Wildman–Crippen LogP) is 8.46. The van der Waals surface area contributed by atoms with E-state index >= 15 is 0 Å². The zero-order valence-corrected chi connectivity index (χ0v) is 19.3. The Hall–Kier alpha value is -3.84. The standard InChI is InChI=1S/C32H29N/c1-23-9-6-7-12-30(23)32-14-8-13-31(24(32)2)27-17-21-29(22-18-27)33-28-19-15-26(16-20-28)25-10-4-3-5-11-25/h3-19,21-22,28,33H,20H2,1-2H3. The van der Waals surface area contributed by atoms with Gasteiger partial charge in [0.05, 0.1) is 0 Å². The van der Waals surface area contributed by atoms with E-state index in [0.29, 0.717) is 6.04 Å². The van der Waals surface area contributed by atoms with E-state index < -0.39 is 0 Å². The highest BCUT2D eigenvalue weighted by molar-refractivity contribution is 5.80. The first-order chi connectivity index (χ1) is 16.2. The summed E-state index contributed by atoms with van der Waals surface area (Å²) in [5.41, 5.74) is 11.5. The van der Waals surface area contributed by atoms with Crippen molar-refractivity contribution >= 4 is 11.3 Å². The molecule has 0 radical (unpaired) electrons. The predicted molar refractivity (Wildman–Crippen MR) is 142 cm³/mol. The third-order valence-corrected chi connectivity index (χ3v) is 6.52. The quantitative estimate of drug-likeness (QED) is 0.337. The minimum Gasteiger partial charge on any atom is -0.379 e. The first kappa shape index (κ1) is 21.0. The van der Waals surface area contributed by atoms with Crippen LogP contribution in [0.15, 0.2) is 115 Å². The molecule has 0 bridgehead atoms. The van der Waals surface area contributed by atoms with Gasteiger partial charge in [0.25, 0.3) is 0 Å². The molecule has 1 aliphatic carbocycles. The summed E-state index contributed by atoms with van der Waals surface area (Å²) in [5.74, 6) is 0. The highest BCUT2D eigenvalue weighted by Gasteiger charge is 2.12. The van der Waals surface area contributed by atoms with Crippen molar-refractivity contribution in [2.75, 3.05) is 5.32 Å². The lowest BCUT2D eigenvalue weighted by atomic mass is 9.91. The first-order valence-electron chi connectivity index (χ1n) is 11.7. The van der Waals surface area contributed by atoms with Crippen LogP contribution in [0.4, 0.5) is 5.69 Å². The zero-order valence-electron chi connectivity index (χ0n) is 19.3. The lowest BCUT2D eigenvalue weighted by molar-refractivity contribution is 0.886. The molecule has 0 fully saturated rings. The normalized spacial score (nSPS) is 15.2. The molecule has 1 aliphatic rings. The molecule has 4 aromatic carbocycles. The SMILES string of the molecule is Cc1ccccc1-c1cccc(-c2ccc(NC3C=CC(c4ccccc4)=CC3)cc2)c1C. The molecule has 1 heteroatoms. The van der Waals surface area contributed by atoms with Crippen LogP contribution in [-0.2, 0) is 0 Å². The Bertz CT molecular complexity index is 1310. The third-order valence-electron chi connectivity index (χ3n) is 6.52. The lowest BCUT2D eigenvalue weighted by Crippen LogP contribution is -2.17. The van der Waals surface area contributed by atoms with Crippen LogP contribution in [0, 0.1) is 13.8 Å². The van der Waals surface area contributed by atoms with Crippen LogP contribution in [0.5, 0.6) is 0 Å². The second-order valence-electron chi connectivity index (χ2n) is 8.74. The second kappa shape index (κ2) is 9.34. The van der Waals surface area contributed by atoms with Gasteiger partial charge in [0, 0.05) is 11.7 Å². The van der Waals surface area contributed by atoms with Gasteiger partial charge < -0.3 is 5.32 Å². The van der Waals surface area contributed by atoms with Gasteiger partial charge >= 0.3 is 0 Å². The second-order valence-corrected chi connectivity index (χ2v) is 8.74. The summed E-state index contributed by atoms with van der Waals surface area (Å²) in [6.45, 7) is 4.41. The molecule has 33 heavy (non-hydrogen) atoms. The fourth-order valence-corrected chi connectivity index (χ4v) is 4.65. The van der Waals surface area contributed by atoms with E-state index in [4.69, 9.17) is 0 Å². The van der Waals surface area contributed by atoms with Crippen LogP contribution in [0.25, 0.3) is 27.8 Å². The van der Waals surface area contributed by atoms with Crippen molar-refractivity contribution in [2.45, 2.75) is 26.3 Å². The average Bonchev–Trinajstić information content (AvgIpc) is 2.86. The van der Waals surface area contributed by atoms with Crippen molar-refractivity contribution in [1.82, 2.24) is 0 Å². The number of allylic oxidation sites excluding steroid dienone is 2. The minimum absolute atomic E-state index is 0.314. The van der Waals surface area contributed by atoms with Gasteiger partial charge in [-0.25, -0.2) is 0 Å². The Labute approximate surface area is 197 Å². The molecule has 162 valence electrons. The smallest absolute Gasteiger partial charge is 0.0482 e. The van der Waals surface area contributed by atoms with Gasteiger partial charge in [0.1, 0.15) is 0 Å². The Morgan fingerprint density at radius 2 is 1.33 bits per heavy atom. The van der Waals surface area contributed by atoms with Crippen molar-refractivity contribution < 1.29 is 0 Å². The molecule has 0 aliphatic heterocycles. The molecule has 1 atom stereocenters. The van der Waals surface area contributed by atoms with Crippen molar-refractivity contribution in [3.63, 3.8) is 0 Å². The third kappa shape index (κ3) is 4.54. The highest BCUT2D eigenvalue weighted by Crippen LogP contribution is 2.34. The van der Waals surface area contributed by atoms with Gasteiger partial charge in [-0.2, -0.15) is 0 Å². The lowest BCUT2D eigenvalue weighted by Gasteiger charge is -2.20. The summed E-state index contributed by atoms with van der Waals surface area (Å²) in [4.78, 5) is 0.